The molecule has 102 valence electrons. The van der Waals surface area contributed by atoms with E-state index in [0.29, 0.717) is 13.0 Å². The van der Waals surface area contributed by atoms with Crippen LogP contribution in [0.15, 0.2) is 28.4 Å². The Kier molecular flexibility index (Phi) is 3.49. The quantitative estimate of drug-likeness (QED) is 0.796. The molecule has 0 unspecified atom stereocenters. The molecule has 0 aliphatic rings. The first kappa shape index (κ1) is 13.4. The van der Waals surface area contributed by atoms with Gasteiger partial charge in [-0.2, -0.15) is 0 Å². The van der Waals surface area contributed by atoms with E-state index in [1.165, 1.54) is 23.0 Å². The molecule has 3 N–H and O–H groups in total. The van der Waals surface area contributed by atoms with E-state index in [0.717, 1.165) is 0 Å². The maximum Gasteiger partial charge on any atom is 0.273 e. The highest BCUT2D eigenvalue weighted by Gasteiger charge is 2.22. The van der Waals surface area contributed by atoms with Gasteiger partial charge in [-0.25, -0.2) is 13.6 Å². The molecule has 9 heteroatoms. The third-order valence-electron chi connectivity index (χ3n) is 2.48. The standard InChI is InChI=1S/C10H13N5O3S/c1-2-5-15-9(7-6-12-4-3-8(7)16)13-14-10(15)19(11,17)18/h3-4,6H,2,5H2,1H3,(H,12,16)(H2,11,17,18). The second-order valence-electron chi connectivity index (χ2n) is 3.93. The molecule has 2 aromatic rings. The topological polar surface area (TPSA) is 124 Å². The number of nitrogens with one attached hydrogen (secondary N) is 1. The van der Waals surface area contributed by atoms with Crippen LogP contribution in [0.5, 0.6) is 0 Å². The first-order valence-electron chi connectivity index (χ1n) is 5.58. The summed E-state index contributed by atoms with van der Waals surface area (Å²) >= 11 is 0. The van der Waals surface area contributed by atoms with Crippen molar-refractivity contribution >= 4 is 10.0 Å². The van der Waals surface area contributed by atoms with Gasteiger partial charge >= 0.3 is 0 Å². The van der Waals surface area contributed by atoms with Crippen molar-refractivity contribution in [3.05, 3.63) is 28.7 Å². The van der Waals surface area contributed by atoms with Crippen molar-refractivity contribution in [1.82, 2.24) is 19.7 Å². The van der Waals surface area contributed by atoms with E-state index in [-0.39, 0.29) is 22.0 Å². The number of primary sulfonamides is 1. The van der Waals surface area contributed by atoms with Crippen molar-refractivity contribution in [3.8, 4) is 11.4 Å². The molecule has 0 saturated heterocycles. The third kappa shape index (κ3) is 2.56. The number of aromatic amines is 1. The predicted molar refractivity (Wildman–Crippen MR) is 67.7 cm³/mol. The van der Waals surface area contributed by atoms with Gasteiger partial charge < -0.3 is 4.98 Å². The second kappa shape index (κ2) is 4.94. The Morgan fingerprint density at radius 1 is 1.42 bits per heavy atom. The molecular formula is C10H13N5O3S. The van der Waals surface area contributed by atoms with Gasteiger partial charge in [0.2, 0.25) is 0 Å². The van der Waals surface area contributed by atoms with Crippen LogP contribution >= 0.6 is 0 Å². The van der Waals surface area contributed by atoms with Crippen LogP contribution in [0.2, 0.25) is 0 Å². The van der Waals surface area contributed by atoms with Gasteiger partial charge in [0.25, 0.3) is 15.2 Å². The lowest BCUT2D eigenvalue weighted by Gasteiger charge is -2.06. The number of hydrogen-bond donors (Lipinski definition) is 2. The van der Waals surface area contributed by atoms with E-state index < -0.39 is 10.0 Å². The summed E-state index contributed by atoms with van der Waals surface area (Å²) in [5.41, 5.74) is -0.0252. The molecule has 0 aliphatic carbocycles. The second-order valence-corrected chi connectivity index (χ2v) is 5.38. The number of hydrogen-bond acceptors (Lipinski definition) is 5. The van der Waals surface area contributed by atoms with Gasteiger partial charge in [0.05, 0.1) is 5.56 Å². The Morgan fingerprint density at radius 2 is 2.16 bits per heavy atom. The summed E-state index contributed by atoms with van der Waals surface area (Å²) < 4.78 is 24.2. The van der Waals surface area contributed by atoms with Crippen LogP contribution in [0.1, 0.15) is 13.3 Å². The van der Waals surface area contributed by atoms with Crippen molar-refractivity contribution in [2.75, 3.05) is 0 Å². The summed E-state index contributed by atoms with van der Waals surface area (Å²) in [5.74, 6) is 0.188. The van der Waals surface area contributed by atoms with E-state index >= 15 is 0 Å². The summed E-state index contributed by atoms with van der Waals surface area (Å²) in [7, 11) is -3.98. The monoisotopic (exact) mass is 283 g/mol. The summed E-state index contributed by atoms with van der Waals surface area (Å²) in [5, 5.41) is 12.1. The normalized spacial score (nSPS) is 11.7. The summed E-state index contributed by atoms with van der Waals surface area (Å²) in [4.78, 5) is 14.5. The number of aromatic nitrogens is 4. The van der Waals surface area contributed by atoms with Crippen LogP contribution in [-0.4, -0.2) is 28.2 Å². The van der Waals surface area contributed by atoms with Crippen LogP contribution in [0.3, 0.4) is 0 Å². The molecule has 0 aliphatic heterocycles. The lowest BCUT2D eigenvalue weighted by atomic mass is 10.2. The fourth-order valence-corrected chi connectivity index (χ4v) is 2.35. The Morgan fingerprint density at radius 3 is 2.74 bits per heavy atom. The zero-order valence-corrected chi connectivity index (χ0v) is 11.0. The molecule has 2 heterocycles. The van der Waals surface area contributed by atoms with E-state index in [1.54, 1.807) is 0 Å². The third-order valence-corrected chi connectivity index (χ3v) is 3.29. The molecule has 0 saturated carbocycles. The van der Waals surface area contributed by atoms with Gasteiger partial charge in [0, 0.05) is 25.0 Å². The zero-order chi connectivity index (χ0) is 14.0. The molecule has 2 aromatic heterocycles. The minimum absolute atomic E-state index is 0.188. The average Bonchev–Trinajstić information content (AvgIpc) is 2.74. The van der Waals surface area contributed by atoms with Gasteiger partial charge in [-0.1, -0.05) is 6.92 Å². The molecular weight excluding hydrogens is 270 g/mol. The fourth-order valence-electron chi connectivity index (χ4n) is 1.71. The van der Waals surface area contributed by atoms with Gasteiger partial charge in [-0.15, -0.1) is 10.2 Å². The van der Waals surface area contributed by atoms with Crippen molar-refractivity contribution in [2.24, 2.45) is 5.14 Å². The molecule has 19 heavy (non-hydrogen) atoms. The molecule has 0 amide bonds. The van der Waals surface area contributed by atoms with Crippen molar-refractivity contribution in [3.63, 3.8) is 0 Å². The van der Waals surface area contributed by atoms with E-state index in [1.807, 2.05) is 6.92 Å². The molecule has 0 spiro atoms. The SMILES string of the molecule is CCCn1c(-c2c[nH]ccc2=O)nnc1S(N)(=O)=O. The molecule has 0 radical (unpaired) electrons. The van der Waals surface area contributed by atoms with E-state index in [9.17, 15) is 13.2 Å². The maximum atomic E-state index is 11.8. The Bertz CT molecular complexity index is 747. The zero-order valence-electron chi connectivity index (χ0n) is 10.2. The minimum atomic E-state index is -3.98. The van der Waals surface area contributed by atoms with Crippen molar-refractivity contribution in [2.45, 2.75) is 25.0 Å². The van der Waals surface area contributed by atoms with Crippen LogP contribution in [0.4, 0.5) is 0 Å². The van der Waals surface area contributed by atoms with Crippen LogP contribution in [0, 0.1) is 0 Å². The maximum absolute atomic E-state index is 11.8. The molecule has 0 atom stereocenters. The number of rotatable bonds is 4. The Balaban J connectivity index is 2.69. The minimum Gasteiger partial charge on any atom is -0.367 e. The fraction of sp³-hybridized carbons (Fsp3) is 0.300. The van der Waals surface area contributed by atoms with Crippen LogP contribution < -0.4 is 10.6 Å². The first-order chi connectivity index (χ1) is 8.95. The molecule has 0 aromatic carbocycles. The largest absolute Gasteiger partial charge is 0.367 e. The van der Waals surface area contributed by atoms with Gasteiger partial charge in [-0.05, 0) is 6.42 Å². The van der Waals surface area contributed by atoms with Crippen LogP contribution in [-0.2, 0) is 16.6 Å². The first-order valence-corrected chi connectivity index (χ1v) is 7.13. The Hall–Kier alpha value is -2.00. The number of nitrogens with zero attached hydrogens (tertiary/aromatic N) is 3. The number of sulfonamides is 1. The number of H-pyrrole nitrogens is 1. The number of pyridine rings is 1. The summed E-state index contributed by atoms with van der Waals surface area (Å²) in [6.45, 7) is 2.22. The average molecular weight is 283 g/mol. The lowest BCUT2D eigenvalue weighted by molar-refractivity contribution is 0.559. The molecule has 0 bridgehead atoms. The van der Waals surface area contributed by atoms with Crippen molar-refractivity contribution < 1.29 is 8.42 Å². The van der Waals surface area contributed by atoms with Crippen LogP contribution in [0.25, 0.3) is 11.4 Å². The molecule has 0 fully saturated rings. The summed E-state index contributed by atoms with van der Waals surface area (Å²) in [6.07, 6.45) is 3.58. The molecule has 2 rings (SSSR count). The van der Waals surface area contributed by atoms with Gasteiger partial charge in [-0.3, -0.25) is 9.36 Å². The van der Waals surface area contributed by atoms with Gasteiger partial charge in [0.1, 0.15) is 0 Å². The highest BCUT2D eigenvalue weighted by atomic mass is 32.2. The highest BCUT2D eigenvalue weighted by Crippen LogP contribution is 2.16. The van der Waals surface area contributed by atoms with Gasteiger partial charge in [0.15, 0.2) is 11.3 Å². The van der Waals surface area contributed by atoms with E-state index in [4.69, 9.17) is 5.14 Å². The molecule has 8 nitrogen and oxygen atoms in total. The Labute approximate surface area is 109 Å². The summed E-state index contributed by atoms with van der Waals surface area (Å²) in [6, 6.07) is 1.33. The number of nitrogens with two attached hydrogens (primary N) is 1. The highest BCUT2D eigenvalue weighted by molar-refractivity contribution is 7.89. The van der Waals surface area contributed by atoms with Crippen molar-refractivity contribution in [1.29, 1.82) is 0 Å². The smallest absolute Gasteiger partial charge is 0.273 e. The van der Waals surface area contributed by atoms with E-state index in [2.05, 4.69) is 15.2 Å². The lowest BCUT2D eigenvalue weighted by Crippen LogP contribution is -2.19. The predicted octanol–water partition coefficient (Wildman–Crippen LogP) is -0.309.